The SMILES string of the molecule is CC1(C)[C@@H]2C/C(=C/O)C(=O)[C@@]2(C)CCC12OCCO2. The summed E-state index contributed by atoms with van der Waals surface area (Å²) in [6, 6.07) is 0. The highest BCUT2D eigenvalue weighted by Gasteiger charge is 2.66. The number of hydrogen-bond donors (Lipinski definition) is 1. The van der Waals surface area contributed by atoms with E-state index in [1.807, 2.05) is 6.92 Å². The van der Waals surface area contributed by atoms with Crippen molar-refractivity contribution in [1.82, 2.24) is 0 Å². The van der Waals surface area contributed by atoms with E-state index in [2.05, 4.69) is 13.8 Å². The summed E-state index contributed by atoms with van der Waals surface area (Å²) in [6.07, 6.45) is 3.12. The number of aliphatic hydroxyl groups is 1. The molecule has 0 radical (unpaired) electrons. The topological polar surface area (TPSA) is 55.8 Å². The lowest BCUT2D eigenvalue weighted by Crippen LogP contribution is -2.58. The number of ketones is 1. The Morgan fingerprint density at radius 2 is 1.84 bits per heavy atom. The molecule has 1 heterocycles. The van der Waals surface area contributed by atoms with Gasteiger partial charge in [0.05, 0.1) is 19.5 Å². The zero-order chi connectivity index (χ0) is 13.9. The molecule has 4 heteroatoms. The summed E-state index contributed by atoms with van der Waals surface area (Å²) in [5.41, 5.74) is -0.0779. The van der Waals surface area contributed by atoms with Crippen LogP contribution in [-0.2, 0) is 14.3 Å². The first-order valence-corrected chi connectivity index (χ1v) is 7.03. The molecule has 2 atom stereocenters. The van der Waals surface area contributed by atoms with E-state index in [4.69, 9.17) is 9.47 Å². The zero-order valence-electron chi connectivity index (χ0n) is 11.9. The maximum absolute atomic E-state index is 12.5. The number of fused-ring (bicyclic) bond motifs is 1. The second kappa shape index (κ2) is 3.83. The van der Waals surface area contributed by atoms with Gasteiger partial charge in [-0.1, -0.05) is 20.8 Å². The lowest BCUT2D eigenvalue weighted by molar-refractivity contribution is -0.276. The Morgan fingerprint density at radius 3 is 2.42 bits per heavy atom. The quantitative estimate of drug-likeness (QED) is 0.541. The van der Waals surface area contributed by atoms with E-state index in [0.29, 0.717) is 25.2 Å². The molecule has 4 nitrogen and oxygen atoms in total. The summed E-state index contributed by atoms with van der Waals surface area (Å²) in [5.74, 6) is -0.304. The van der Waals surface area contributed by atoms with Crippen molar-refractivity contribution in [3.8, 4) is 0 Å². The molecular formula is C15H22O4. The van der Waals surface area contributed by atoms with Crippen LogP contribution in [0.5, 0.6) is 0 Å². The fourth-order valence-corrected chi connectivity index (χ4v) is 4.50. The Kier molecular flexibility index (Phi) is 2.64. The number of aliphatic hydroxyl groups excluding tert-OH is 1. The predicted octanol–water partition coefficient (Wildman–Crippen LogP) is 2.59. The molecule has 19 heavy (non-hydrogen) atoms. The molecule has 1 N–H and O–H groups in total. The average molecular weight is 266 g/mol. The Hall–Kier alpha value is -0.870. The van der Waals surface area contributed by atoms with E-state index in [1.54, 1.807) is 0 Å². The van der Waals surface area contributed by atoms with Gasteiger partial charge in [-0.3, -0.25) is 4.79 Å². The van der Waals surface area contributed by atoms with Gasteiger partial charge in [-0.15, -0.1) is 0 Å². The number of hydrogen-bond acceptors (Lipinski definition) is 4. The van der Waals surface area contributed by atoms with Crippen molar-refractivity contribution in [2.24, 2.45) is 16.7 Å². The van der Waals surface area contributed by atoms with Crippen molar-refractivity contribution >= 4 is 5.78 Å². The Morgan fingerprint density at radius 1 is 1.21 bits per heavy atom. The molecule has 0 aromatic carbocycles. The van der Waals surface area contributed by atoms with Gasteiger partial charge >= 0.3 is 0 Å². The number of rotatable bonds is 0. The third-order valence-corrected chi connectivity index (χ3v) is 5.74. The third kappa shape index (κ3) is 1.44. The van der Waals surface area contributed by atoms with E-state index < -0.39 is 11.2 Å². The molecule has 1 spiro atoms. The Bertz CT molecular complexity index is 445. The minimum atomic E-state index is -0.553. The lowest BCUT2D eigenvalue weighted by Gasteiger charge is -2.54. The minimum absolute atomic E-state index is 0.0981. The van der Waals surface area contributed by atoms with Gasteiger partial charge in [-0.05, 0) is 18.8 Å². The lowest BCUT2D eigenvalue weighted by atomic mass is 9.55. The molecule has 1 aliphatic heterocycles. The summed E-state index contributed by atoms with van der Waals surface area (Å²) < 4.78 is 11.9. The number of carbonyl (C=O) groups is 1. The van der Waals surface area contributed by atoms with Gasteiger partial charge in [0.15, 0.2) is 11.6 Å². The number of allylic oxidation sites excluding steroid dienone is 1. The van der Waals surface area contributed by atoms with Crippen molar-refractivity contribution in [1.29, 1.82) is 0 Å². The number of Topliss-reactive ketones (excluding diaryl/α,β-unsaturated/α-hetero) is 1. The van der Waals surface area contributed by atoms with E-state index in [9.17, 15) is 9.90 Å². The van der Waals surface area contributed by atoms with Gasteiger partial charge in [0.1, 0.15) is 0 Å². The van der Waals surface area contributed by atoms with Crippen molar-refractivity contribution < 1.29 is 19.4 Å². The summed E-state index contributed by atoms with van der Waals surface area (Å²) >= 11 is 0. The Labute approximate surface area is 113 Å². The standard InChI is InChI=1S/C15H22O4/c1-13(2)11-8-10(9-16)12(17)14(11,3)4-5-15(13)18-6-7-19-15/h9,11,16H,4-8H2,1-3H3/b10-9-/t11-,14-/m0/s1. The van der Waals surface area contributed by atoms with Crippen LogP contribution in [-0.4, -0.2) is 29.9 Å². The van der Waals surface area contributed by atoms with E-state index in [1.165, 1.54) is 0 Å². The summed E-state index contributed by atoms with van der Waals surface area (Å²) in [5, 5.41) is 9.28. The summed E-state index contributed by atoms with van der Waals surface area (Å²) in [7, 11) is 0. The first kappa shape index (κ1) is 13.1. The molecule has 3 rings (SSSR count). The van der Waals surface area contributed by atoms with Gasteiger partial charge in [-0.25, -0.2) is 0 Å². The largest absolute Gasteiger partial charge is 0.515 e. The van der Waals surface area contributed by atoms with Crippen LogP contribution < -0.4 is 0 Å². The van der Waals surface area contributed by atoms with E-state index >= 15 is 0 Å². The van der Waals surface area contributed by atoms with Crippen LogP contribution >= 0.6 is 0 Å². The highest BCUT2D eigenvalue weighted by Crippen LogP contribution is 2.64. The molecule has 2 saturated carbocycles. The van der Waals surface area contributed by atoms with Crippen LogP contribution in [0.3, 0.4) is 0 Å². The number of carbonyl (C=O) groups excluding carboxylic acids is 1. The molecule has 3 fully saturated rings. The smallest absolute Gasteiger partial charge is 0.173 e. The second-order valence-electron chi connectivity index (χ2n) is 6.83. The first-order valence-electron chi connectivity index (χ1n) is 7.03. The molecule has 106 valence electrons. The maximum Gasteiger partial charge on any atom is 0.173 e. The van der Waals surface area contributed by atoms with E-state index in [-0.39, 0.29) is 17.1 Å². The number of ether oxygens (including phenoxy) is 2. The molecule has 0 amide bonds. The van der Waals surface area contributed by atoms with Crippen molar-refractivity contribution in [3.05, 3.63) is 11.8 Å². The molecule has 2 aliphatic carbocycles. The van der Waals surface area contributed by atoms with Crippen LogP contribution in [0.15, 0.2) is 11.8 Å². The van der Waals surface area contributed by atoms with Crippen LogP contribution in [0.1, 0.15) is 40.0 Å². The van der Waals surface area contributed by atoms with E-state index in [0.717, 1.165) is 19.1 Å². The highest BCUT2D eigenvalue weighted by molar-refractivity contribution is 6.02. The highest BCUT2D eigenvalue weighted by atomic mass is 16.7. The third-order valence-electron chi connectivity index (χ3n) is 5.74. The van der Waals surface area contributed by atoms with Crippen LogP contribution in [0.25, 0.3) is 0 Å². The van der Waals surface area contributed by atoms with Crippen molar-refractivity contribution in [2.75, 3.05) is 13.2 Å². The predicted molar refractivity (Wildman–Crippen MR) is 69.6 cm³/mol. The molecule has 3 aliphatic rings. The molecule has 1 saturated heterocycles. The normalized spacial score (nSPS) is 41.9. The average Bonchev–Trinajstić information content (AvgIpc) is 2.93. The fraction of sp³-hybridized carbons (Fsp3) is 0.800. The van der Waals surface area contributed by atoms with Gasteiger partial charge in [0.25, 0.3) is 0 Å². The van der Waals surface area contributed by atoms with Gasteiger partial charge in [0, 0.05) is 22.8 Å². The summed E-state index contributed by atoms with van der Waals surface area (Å²) in [4.78, 5) is 12.5. The van der Waals surface area contributed by atoms with Crippen LogP contribution in [0.4, 0.5) is 0 Å². The molecular weight excluding hydrogens is 244 g/mol. The molecule has 0 bridgehead atoms. The molecule has 0 aromatic rings. The second-order valence-corrected chi connectivity index (χ2v) is 6.83. The molecule has 0 aromatic heterocycles. The Balaban J connectivity index is 2.04. The maximum atomic E-state index is 12.5. The van der Waals surface area contributed by atoms with Gasteiger partial charge in [-0.2, -0.15) is 0 Å². The van der Waals surface area contributed by atoms with Crippen LogP contribution in [0.2, 0.25) is 0 Å². The van der Waals surface area contributed by atoms with Gasteiger partial charge in [0.2, 0.25) is 0 Å². The van der Waals surface area contributed by atoms with Crippen LogP contribution in [0, 0.1) is 16.7 Å². The minimum Gasteiger partial charge on any atom is -0.515 e. The van der Waals surface area contributed by atoms with Crippen molar-refractivity contribution in [3.63, 3.8) is 0 Å². The fourth-order valence-electron chi connectivity index (χ4n) is 4.50. The monoisotopic (exact) mass is 266 g/mol. The zero-order valence-corrected chi connectivity index (χ0v) is 11.9. The first-order chi connectivity index (χ1) is 8.87. The molecule has 0 unspecified atom stereocenters. The summed E-state index contributed by atoms with van der Waals surface area (Å²) in [6.45, 7) is 7.55. The van der Waals surface area contributed by atoms with Crippen molar-refractivity contribution in [2.45, 2.75) is 45.8 Å². The van der Waals surface area contributed by atoms with Gasteiger partial charge < -0.3 is 14.6 Å².